The number of rotatable bonds is 4. The van der Waals surface area contributed by atoms with E-state index >= 15 is 0 Å². The number of carbonyl (C=O) groups is 1. The number of hydrogen-bond acceptors (Lipinski definition) is 5. The molecule has 2 rings (SSSR count). The summed E-state index contributed by atoms with van der Waals surface area (Å²) in [6.45, 7) is 1.95. The molecule has 0 spiro atoms. The average Bonchev–Trinajstić information content (AvgIpc) is 2.79. The van der Waals surface area contributed by atoms with E-state index in [0.717, 1.165) is 5.69 Å². The van der Waals surface area contributed by atoms with Crippen LogP contribution in [0.4, 0.5) is 0 Å². The second-order valence-electron chi connectivity index (χ2n) is 3.76. The molecule has 6 nitrogen and oxygen atoms in total. The summed E-state index contributed by atoms with van der Waals surface area (Å²) in [4.78, 5) is 20.4. The lowest BCUT2D eigenvalue weighted by molar-refractivity contribution is 0.102. The SMILES string of the molecule is CCc1nn(C)cc1C(=O)c1nccnc1OC. The fourth-order valence-electron chi connectivity index (χ4n) is 1.74. The Balaban J connectivity index is 2.47. The number of hydrogen-bond donors (Lipinski definition) is 0. The van der Waals surface area contributed by atoms with Gasteiger partial charge in [0.05, 0.1) is 18.4 Å². The van der Waals surface area contributed by atoms with Gasteiger partial charge >= 0.3 is 0 Å². The van der Waals surface area contributed by atoms with E-state index in [4.69, 9.17) is 4.74 Å². The first-order valence-corrected chi connectivity index (χ1v) is 5.59. The molecule has 0 N–H and O–H groups in total. The van der Waals surface area contributed by atoms with Crippen molar-refractivity contribution in [3.63, 3.8) is 0 Å². The standard InChI is InChI=1S/C12H14N4O2/c1-4-9-8(7-16(2)15-9)11(17)10-12(18-3)14-6-5-13-10/h5-7H,4H2,1-3H3. The van der Waals surface area contributed by atoms with Crippen LogP contribution in [0.15, 0.2) is 18.6 Å². The normalized spacial score (nSPS) is 10.4. The Hall–Kier alpha value is -2.24. The molecular weight excluding hydrogens is 232 g/mol. The summed E-state index contributed by atoms with van der Waals surface area (Å²) in [5.41, 5.74) is 1.50. The van der Waals surface area contributed by atoms with Crippen LogP contribution in [-0.4, -0.2) is 32.6 Å². The molecule has 0 aromatic carbocycles. The van der Waals surface area contributed by atoms with Crippen molar-refractivity contribution < 1.29 is 9.53 Å². The molecule has 2 heterocycles. The summed E-state index contributed by atoms with van der Waals surface area (Å²) < 4.78 is 6.67. The van der Waals surface area contributed by atoms with E-state index in [9.17, 15) is 4.79 Å². The highest BCUT2D eigenvalue weighted by Gasteiger charge is 2.21. The van der Waals surface area contributed by atoms with Crippen LogP contribution >= 0.6 is 0 Å². The molecule has 0 atom stereocenters. The zero-order valence-corrected chi connectivity index (χ0v) is 10.5. The maximum atomic E-state index is 12.4. The quantitative estimate of drug-likeness (QED) is 0.753. The van der Waals surface area contributed by atoms with Crippen LogP contribution in [0.5, 0.6) is 5.88 Å². The second kappa shape index (κ2) is 4.95. The minimum absolute atomic E-state index is 0.211. The number of methoxy groups -OCH3 is 1. The van der Waals surface area contributed by atoms with Gasteiger partial charge in [0.25, 0.3) is 0 Å². The molecule has 0 aliphatic heterocycles. The second-order valence-corrected chi connectivity index (χ2v) is 3.76. The highest BCUT2D eigenvalue weighted by molar-refractivity contribution is 6.09. The van der Waals surface area contributed by atoms with Crippen molar-refractivity contribution in [2.24, 2.45) is 7.05 Å². The first-order valence-electron chi connectivity index (χ1n) is 5.59. The monoisotopic (exact) mass is 246 g/mol. The van der Waals surface area contributed by atoms with Crippen molar-refractivity contribution in [1.82, 2.24) is 19.7 Å². The number of aromatic nitrogens is 4. The van der Waals surface area contributed by atoms with E-state index in [0.29, 0.717) is 12.0 Å². The Bertz CT molecular complexity index is 577. The van der Waals surface area contributed by atoms with Gasteiger partial charge in [-0.3, -0.25) is 9.48 Å². The van der Waals surface area contributed by atoms with Crippen molar-refractivity contribution in [3.8, 4) is 5.88 Å². The molecule has 0 fully saturated rings. The van der Waals surface area contributed by atoms with Crippen LogP contribution in [0.1, 0.15) is 28.7 Å². The molecule has 0 aliphatic carbocycles. The largest absolute Gasteiger partial charge is 0.479 e. The molecule has 2 aromatic rings. The predicted molar refractivity (Wildman–Crippen MR) is 64.6 cm³/mol. The third-order valence-corrected chi connectivity index (χ3v) is 2.56. The van der Waals surface area contributed by atoms with E-state index < -0.39 is 0 Å². The topological polar surface area (TPSA) is 69.9 Å². The number of aryl methyl sites for hydroxylation is 2. The Morgan fingerprint density at radius 2 is 2.11 bits per heavy atom. The lowest BCUT2D eigenvalue weighted by Gasteiger charge is -2.04. The van der Waals surface area contributed by atoms with Gasteiger partial charge in [-0.2, -0.15) is 5.10 Å². The highest BCUT2D eigenvalue weighted by atomic mass is 16.5. The molecule has 0 aliphatic rings. The Morgan fingerprint density at radius 1 is 1.39 bits per heavy atom. The van der Waals surface area contributed by atoms with Gasteiger partial charge in [0.15, 0.2) is 5.69 Å². The van der Waals surface area contributed by atoms with E-state index in [1.807, 2.05) is 6.92 Å². The lowest BCUT2D eigenvalue weighted by Crippen LogP contribution is -2.09. The predicted octanol–water partition coefficient (Wildman–Crippen LogP) is 1.01. The summed E-state index contributed by atoms with van der Waals surface area (Å²) in [5.74, 6) is 0.0123. The highest BCUT2D eigenvalue weighted by Crippen LogP contribution is 2.18. The van der Waals surface area contributed by atoms with E-state index in [2.05, 4.69) is 15.1 Å². The number of carbonyl (C=O) groups excluding carboxylic acids is 1. The Morgan fingerprint density at radius 3 is 2.78 bits per heavy atom. The maximum Gasteiger partial charge on any atom is 0.243 e. The average molecular weight is 246 g/mol. The van der Waals surface area contributed by atoms with Gasteiger partial charge in [-0.25, -0.2) is 9.97 Å². The lowest BCUT2D eigenvalue weighted by atomic mass is 10.1. The molecule has 0 bridgehead atoms. The third kappa shape index (κ3) is 2.09. The molecule has 0 saturated heterocycles. The first-order chi connectivity index (χ1) is 8.67. The Labute approximate surface area is 105 Å². The maximum absolute atomic E-state index is 12.4. The smallest absolute Gasteiger partial charge is 0.243 e. The van der Waals surface area contributed by atoms with Crippen molar-refractivity contribution in [2.75, 3.05) is 7.11 Å². The van der Waals surface area contributed by atoms with Gasteiger partial charge < -0.3 is 4.74 Å². The number of ketones is 1. The van der Waals surface area contributed by atoms with E-state index in [1.54, 1.807) is 17.9 Å². The van der Waals surface area contributed by atoms with Crippen LogP contribution in [0.3, 0.4) is 0 Å². The molecule has 0 radical (unpaired) electrons. The van der Waals surface area contributed by atoms with E-state index in [1.165, 1.54) is 19.5 Å². The molecule has 0 amide bonds. The fraction of sp³-hybridized carbons (Fsp3) is 0.333. The Kier molecular flexibility index (Phi) is 3.36. The van der Waals surface area contributed by atoms with Gasteiger partial charge in [-0.15, -0.1) is 0 Å². The fourth-order valence-corrected chi connectivity index (χ4v) is 1.74. The van der Waals surface area contributed by atoms with Crippen LogP contribution in [-0.2, 0) is 13.5 Å². The molecule has 0 unspecified atom stereocenters. The van der Waals surface area contributed by atoms with Gasteiger partial charge in [-0.1, -0.05) is 6.92 Å². The van der Waals surface area contributed by atoms with Crippen molar-refractivity contribution in [2.45, 2.75) is 13.3 Å². The molecule has 94 valence electrons. The summed E-state index contributed by atoms with van der Waals surface area (Å²) in [6, 6.07) is 0. The molecule has 6 heteroatoms. The summed E-state index contributed by atoms with van der Waals surface area (Å²) in [7, 11) is 3.24. The molecule has 2 aromatic heterocycles. The zero-order valence-electron chi connectivity index (χ0n) is 10.5. The zero-order chi connectivity index (χ0) is 13.1. The van der Waals surface area contributed by atoms with Crippen molar-refractivity contribution >= 4 is 5.78 Å². The van der Waals surface area contributed by atoms with Gasteiger partial charge in [-0.05, 0) is 6.42 Å². The molecule has 18 heavy (non-hydrogen) atoms. The molecular formula is C12H14N4O2. The van der Waals surface area contributed by atoms with Crippen molar-refractivity contribution in [3.05, 3.63) is 35.5 Å². The summed E-state index contributed by atoms with van der Waals surface area (Å²) in [5, 5.41) is 4.24. The minimum atomic E-state index is -0.218. The minimum Gasteiger partial charge on any atom is -0.479 e. The van der Waals surface area contributed by atoms with Gasteiger partial charge in [0.1, 0.15) is 0 Å². The first kappa shape index (κ1) is 12.2. The summed E-state index contributed by atoms with van der Waals surface area (Å²) >= 11 is 0. The van der Waals surface area contributed by atoms with Crippen LogP contribution < -0.4 is 4.74 Å². The van der Waals surface area contributed by atoms with Gasteiger partial charge in [0, 0.05) is 25.6 Å². The van der Waals surface area contributed by atoms with Gasteiger partial charge in [0.2, 0.25) is 11.7 Å². The van der Waals surface area contributed by atoms with Crippen LogP contribution in [0.2, 0.25) is 0 Å². The van der Waals surface area contributed by atoms with Crippen LogP contribution in [0, 0.1) is 0 Å². The van der Waals surface area contributed by atoms with Crippen molar-refractivity contribution in [1.29, 1.82) is 0 Å². The third-order valence-electron chi connectivity index (χ3n) is 2.56. The number of nitrogens with zero attached hydrogens (tertiary/aromatic N) is 4. The summed E-state index contributed by atoms with van der Waals surface area (Å²) in [6.07, 6.45) is 5.33. The van der Waals surface area contributed by atoms with Crippen LogP contribution in [0.25, 0.3) is 0 Å². The molecule has 0 saturated carbocycles. The van der Waals surface area contributed by atoms with E-state index in [-0.39, 0.29) is 17.4 Å². The number of ether oxygens (including phenoxy) is 1.